The van der Waals surface area contributed by atoms with Crippen molar-refractivity contribution < 1.29 is 9.47 Å². The van der Waals surface area contributed by atoms with Gasteiger partial charge in [0.05, 0.1) is 12.3 Å². The SMILES string of the molecule is COCCOc1cc(C)ccc1NCc1cccc(C)c1. The number of benzene rings is 2. The van der Waals surface area contributed by atoms with Crippen LogP contribution in [0.5, 0.6) is 5.75 Å². The second-order valence-electron chi connectivity index (χ2n) is 5.18. The van der Waals surface area contributed by atoms with Gasteiger partial charge in [-0.25, -0.2) is 0 Å². The van der Waals surface area contributed by atoms with Crippen LogP contribution in [0, 0.1) is 13.8 Å². The molecule has 0 amide bonds. The van der Waals surface area contributed by atoms with Gasteiger partial charge in [0.1, 0.15) is 12.4 Å². The van der Waals surface area contributed by atoms with Gasteiger partial charge in [0.2, 0.25) is 0 Å². The zero-order valence-corrected chi connectivity index (χ0v) is 13.0. The van der Waals surface area contributed by atoms with E-state index in [2.05, 4.69) is 55.6 Å². The highest BCUT2D eigenvalue weighted by Gasteiger charge is 2.04. The maximum Gasteiger partial charge on any atom is 0.142 e. The quantitative estimate of drug-likeness (QED) is 0.782. The molecule has 112 valence electrons. The van der Waals surface area contributed by atoms with E-state index in [-0.39, 0.29) is 0 Å². The Hall–Kier alpha value is -2.00. The number of methoxy groups -OCH3 is 1. The lowest BCUT2D eigenvalue weighted by molar-refractivity contribution is 0.146. The molecular weight excluding hydrogens is 262 g/mol. The zero-order valence-electron chi connectivity index (χ0n) is 13.0. The van der Waals surface area contributed by atoms with Gasteiger partial charge < -0.3 is 14.8 Å². The van der Waals surface area contributed by atoms with Gasteiger partial charge in [-0.1, -0.05) is 35.9 Å². The number of ether oxygens (including phenoxy) is 2. The number of hydrogen-bond donors (Lipinski definition) is 1. The molecule has 3 heteroatoms. The highest BCUT2D eigenvalue weighted by atomic mass is 16.5. The van der Waals surface area contributed by atoms with Crippen LogP contribution >= 0.6 is 0 Å². The minimum absolute atomic E-state index is 0.555. The molecule has 0 fully saturated rings. The summed E-state index contributed by atoms with van der Waals surface area (Å²) >= 11 is 0. The summed E-state index contributed by atoms with van der Waals surface area (Å²) in [6, 6.07) is 14.7. The lowest BCUT2D eigenvalue weighted by Crippen LogP contribution is -2.07. The number of rotatable bonds is 7. The first-order valence-corrected chi connectivity index (χ1v) is 7.21. The van der Waals surface area contributed by atoms with E-state index < -0.39 is 0 Å². The fourth-order valence-electron chi connectivity index (χ4n) is 2.15. The van der Waals surface area contributed by atoms with Crippen molar-refractivity contribution in [1.29, 1.82) is 0 Å². The van der Waals surface area contributed by atoms with Crippen molar-refractivity contribution >= 4 is 5.69 Å². The molecule has 0 saturated carbocycles. The van der Waals surface area contributed by atoms with Crippen LogP contribution in [0.2, 0.25) is 0 Å². The van der Waals surface area contributed by atoms with E-state index in [1.165, 1.54) is 16.7 Å². The first-order valence-electron chi connectivity index (χ1n) is 7.21. The van der Waals surface area contributed by atoms with E-state index in [0.29, 0.717) is 13.2 Å². The summed E-state index contributed by atoms with van der Waals surface area (Å²) in [4.78, 5) is 0. The van der Waals surface area contributed by atoms with E-state index in [9.17, 15) is 0 Å². The molecule has 0 aromatic heterocycles. The van der Waals surface area contributed by atoms with Crippen LogP contribution in [0.15, 0.2) is 42.5 Å². The van der Waals surface area contributed by atoms with Crippen molar-refractivity contribution in [2.24, 2.45) is 0 Å². The summed E-state index contributed by atoms with van der Waals surface area (Å²) < 4.78 is 10.8. The van der Waals surface area contributed by atoms with Crippen molar-refractivity contribution in [3.8, 4) is 5.75 Å². The molecule has 0 atom stereocenters. The number of nitrogens with one attached hydrogen (secondary N) is 1. The third-order valence-electron chi connectivity index (χ3n) is 3.25. The smallest absolute Gasteiger partial charge is 0.142 e. The highest BCUT2D eigenvalue weighted by molar-refractivity contribution is 5.58. The molecule has 3 nitrogen and oxygen atoms in total. The highest BCUT2D eigenvalue weighted by Crippen LogP contribution is 2.26. The molecule has 0 bridgehead atoms. The van der Waals surface area contributed by atoms with Crippen molar-refractivity contribution in [3.05, 3.63) is 59.2 Å². The summed E-state index contributed by atoms with van der Waals surface area (Å²) in [5, 5.41) is 3.45. The van der Waals surface area contributed by atoms with Gasteiger partial charge in [-0.3, -0.25) is 0 Å². The molecule has 0 aliphatic carbocycles. The van der Waals surface area contributed by atoms with Gasteiger partial charge >= 0.3 is 0 Å². The normalized spacial score (nSPS) is 10.4. The summed E-state index contributed by atoms with van der Waals surface area (Å²) in [7, 11) is 1.68. The first-order chi connectivity index (χ1) is 10.2. The maximum absolute atomic E-state index is 5.78. The summed E-state index contributed by atoms with van der Waals surface area (Å²) in [6.45, 7) is 6.10. The van der Waals surface area contributed by atoms with Crippen LogP contribution in [0.25, 0.3) is 0 Å². The minimum atomic E-state index is 0.555. The maximum atomic E-state index is 5.78. The Balaban J connectivity index is 2.04. The topological polar surface area (TPSA) is 30.5 Å². The van der Waals surface area contributed by atoms with Crippen LogP contribution < -0.4 is 10.1 Å². The molecule has 0 unspecified atom stereocenters. The van der Waals surface area contributed by atoms with E-state index in [4.69, 9.17) is 9.47 Å². The van der Waals surface area contributed by atoms with Crippen molar-refractivity contribution in [2.75, 3.05) is 25.6 Å². The second-order valence-corrected chi connectivity index (χ2v) is 5.18. The van der Waals surface area contributed by atoms with Crippen LogP contribution in [0.4, 0.5) is 5.69 Å². The summed E-state index contributed by atoms with van der Waals surface area (Å²) in [6.07, 6.45) is 0. The average Bonchev–Trinajstić information content (AvgIpc) is 2.47. The van der Waals surface area contributed by atoms with Crippen molar-refractivity contribution in [2.45, 2.75) is 20.4 Å². The monoisotopic (exact) mass is 285 g/mol. The summed E-state index contributed by atoms with van der Waals surface area (Å²) in [5.74, 6) is 0.875. The number of anilines is 1. The number of aryl methyl sites for hydroxylation is 2. The predicted molar refractivity (Wildman–Crippen MR) is 87.1 cm³/mol. The van der Waals surface area contributed by atoms with Gasteiger partial charge in [-0.15, -0.1) is 0 Å². The van der Waals surface area contributed by atoms with Gasteiger partial charge in [0.25, 0.3) is 0 Å². The molecule has 2 aromatic rings. The van der Waals surface area contributed by atoms with Crippen LogP contribution in [0.1, 0.15) is 16.7 Å². The lowest BCUT2D eigenvalue weighted by atomic mass is 10.1. The molecule has 0 aliphatic heterocycles. The molecule has 0 aliphatic rings. The van der Waals surface area contributed by atoms with E-state index in [1.54, 1.807) is 7.11 Å². The van der Waals surface area contributed by atoms with Gasteiger partial charge in [0, 0.05) is 13.7 Å². The second kappa shape index (κ2) is 7.70. The fourth-order valence-corrected chi connectivity index (χ4v) is 2.15. The van der Waals surface area contributed by atoms with E-state index in [1.807, 2.05) is 6.07 Å². The molecular formula is C18H23NO2. The molecule has 0 heterocycles. The van der Waals surface area contributed by atoms with Gasteiger partial charge in [-0.05, 0) is 37.1 Å². The molecule has 21 heavy (non-hydrogen) atoms. The van der Waals surface area contributed by atoms with E-state index in [0.717, 1.165) is 18.0 Å². The Labute approximate surface area is 126 Å². The van der Waals surface area contributed by atoms with Crippen molar-refractivity contribution in [3.63, 3.8) is 0 Å². The third kappa shape index (κ3) is 4.80. The van der Waals surface area contributed by atoms with Gasteiger partial charge in [0.15, 0.2) is 0 Å². The van der Waals surface area contributed by atoms with Crippen LogP contribution in [-0.2, 0) is 11.3 Å². The summed E-state index contributed by atoms with van der Waals surface area (Å²) in [5.41, 5.74) is 4.73. The standard InChI is InChI=1S/C18H23NO2/c1-14-5-4-6-16(11-14)13-19-17-8-7-15(2)12-18(17)21-10-9-20-3/h4-8,11-12,19H,9-10,13H2,1-3H3. The molecule has 2 rings (SSSR count). The minimum Gasteiger partial charge on any atom is -0.489 e. The number of hydrogen-bond acceptors (Lipinski definition) is 3. The van der Waals surface area contributed by atoms with Crippen LogP contribution in [-0.4, -0.2) is 20.3 Å². The Kier molecular flexibility index (Phi) is 5.64. The van der Waals surface area contributed by atoms with Crippen LogP contribution in [0.3, 0.4) is 0 Å². The molecule has 2 aromatic carbocycles. The Morgan fingerprint density at radius 1 is 0.952 bits per heavy atom. The third-order valence-corrected chi connectivity index (χ3v) is 3.25. The molecule has 1 N–H and O–H groups in total. The fraction of sp³-hybridized carbons (Fsp3) is 0.333. The Bertz CT molecular complexity index is 581. The zero-order chi connectivity index (χ0) is 15.1. The van der Waals surface area contributed by atoms with Gasteiger partial charge in [-0.2, -0.15) is 0 Å². The Morgan fingerprint density at radius 2 is 1.76 bits per heavy atom. The lowest BCUT2D eigenvalue weighted by Gasteiger charge is -2.14. The Morgan fingerprint density at radius 3 is 2.52 bits per heavy atom. The van der Waals surface area contributed by atoms with Crippen molar-refractivity contribution in [1.82, 2.24) is 0 Å². The largest absolute Gasteiger partial charge is 0.489 e. The molecule has 0 radical (unpaired) electrons. The average molecular weight is 285 g/mol. The molecule has 0 saturated heterocycles. The van der Waals surface area contributed by atoms with E-state index >= 15 is 0 Å². The first kappa shape index (κ1) is 15.4. The predicted octanol–water partition coefficient (Wildman–Crippen LogP) is 3.94. The molecule has 0 spiro atoms.